The van der Waals surface area contributed by atoms with Gasteiger partial charge in [0, 0.05) is 6.42 Å². The maximum Gasteiger partial charge on any atom is 0.306 e. The number of hydrogen-bond acceptors (Lipinski definition) is 10. The first kappa shape index (κ1) is 76.4. The van der Waals surface area contributed by atoms with E-state index < -0.39 is 67.4 Å². The van der Waals surface area contributed by atoms with Gasteiger partial charge in [0.1, 0.15) is 24.4 Å². The average molecular weight is 1140 g/mol. The van der Waals surface area contributed by atoms with Crippen LogP contribution in [-0.2, 0) is 23.8 Å². The molecule has 1 rings (SSSR count). The van der Waals surface area contributed by atoms with E-state index in [1.165, 1.54) is 205 Å². The maximum atomic E-state index is 13.5. The Hall–Kier alpha value is -2.64. The number of amides is 1. The monoisotopic (exact) mass is 1140 g/mol. The first-order valence-electron chi connectivity index (χ1n) is 34.1. The predicted molar refractivity (Wildman–Crippen MR) is 338 cm³/mol. The summed E-state index contributed by atoms with van der Waals surface area (Å²) < 4.78 is 17.6. The first-order chi connectivity index (χ1) is 39.7. The largest absolute Gasteiger partial charge is 0.454 e. The number of hydrogen-bond donors (Lipinski definition) is 6. The van der Waals surface area contributed by atoms with Crippen LogP contribution in [0.4, 0.5) is 0 Å². The number of ether oxygens (including phenoxy) is 3. The molecule has 1 aliphatic heterocycles. The lowest BCUT2D eigenvalue weighted by molar-refractivity contribution is -0.305. The van der Waals surface area contributed by atoms with Gasteiger partial charge in [0.2, 0.25) is 5.91 Å². The summed E-state index contributed by atoms with van der Waals surface area (Å²) >= 11 is 0. The van der Waals surface area contributed by atoms with Gasteiger partial charge in [-0.25, -0.2) is 0 Å². The molecule has 0 radical (unpaired) electrons. The molecule has 1 heterocycles. The number of carbonyl (C=O) groups excluding carboxylic acids is 2. The summed E-state index contributed by atoms with van der Waals surface area (Å²) in [6, 6.07) is -1.03. The fourth-order valence-electron chi connectivity index (χ4n) is 10.5. The number of rotatable bonds is 58. The van der Waals surface area contributed by atoms with E-state index in [4.69, 9.17) is 14.2 Å². The van der Waals surface area contributed by atoms with Gasteiger partial charge in [0.05, 0.1) is 25.4 Å². The molecular weight excluding hydrogens is 1010 g/mol. The van der Waals surface area contributed by atoms with E-state index in [1.807, 2.05) is 18.2 Å². The molecule has 1 fully saturated rings. The van der Waals surface area contributed by atoms with Gasteiger partial charge in [-0.3, -0.25) is 9.59 Å². The van der Waals surface area contributed by atoms with Crippen molar-refractivity contribution in [3.05, 3.63) is 60.8 Å². The van der Waals surface area contributed by atoms with Crippen LogP contribution in [-0.4, -0.2) is 99.6 Å². The lowest BCUT2D eigenvalue weighted by atomic mass is 9.99. The molecule has 0 aromatic rings. The zero-order chi connectivity index (χ0) is 58.9. The van der Waals surface area contributed by atoms with Gasteiger partial charge in [0.15, 0.2) is 12.4 Å². The summed E-state index contributed by atoms with van der Waals surface area (Å²) in [5, 5.41) is 57.1. The molecule has 81 heavy (non-hydrogen) atoms. The lowest BCUT2D eigenvalue weighted by Crippen LogP contribution is -2.61. The smallest absolute Gasteiger partial charge is 0.306 e. The molecule has 0 aromatic carbocycles. The number of carbonyl (C=O) groups is 2. The molecule has 1 saturated heterocycles. The van der Waals surface area contributed by atoms with Crippen LogP contribution < -0.4 is 5.32 Å². The molecule has 0 saturated carbocycles. The summed E-state index contributed by atoms with van der Waals surface area (Å²) in [7, 11) is 0. The topological polar surface area (TPSA) is 175 Å². The lowest BCUT2D eigenvalue weighted by Gasteiger charge is -2.41. The van der Waals surface area contributed by atoms with Gasteiger partial charge >= 0.3 is 5.97 Å². The molecule has 8 atom stereocenters. The zero-order valence-electron chi connectivity index (χ0n) is 52.4. The van der Waals surface area contributed by atoms with Gasteiger partial charge in [-0.2, -0.15) is 0 Å². The fraction of sp³-hybridized carbons (Fsp3) is 0.829. The normalized spacial score (nSPS) is 19.0. The first-order valence-corrected chi connectivity index (χ1v) is 34.1. The standard InChI is InChI=1S/C70H127NO10/c1-4-7-10-13-16-19-22-25-26-27-28-29-30-31-32-33-34-35-36-37-40-42-45-48-51-54-57-63(74)69(78)71-61(62(73)56-53-50-47-44-41-38-23-20-17-14-11-8-5-2)60-79-70-68(67(77)66(76)64(59-72)80-70)81-65(75)58-55-52-49-46-43-39-24-21-18-15-12-9-6-3/h16,19,25-26,39,43,49,52-53,56,61-64,66-68,70,72-74,76-77H,4-15,17-18,20-24,27-38,40-42,44-48,50-51,54-55,57-60H2,1-3H3,(H,71,78)/b19-16-,26-25-,43-39-,52-49+,56-53+. The van der Waals surface area contributed by atoms with Crippen LogP contribution >= 0.6 is 0 Å². The van der Waals surface area contributed by atoms with E-state index in [-0.39, 0.29) is 19.4 Å². The minimum atomic E-state index is -1.64. The predicted octanol–water partition coefficient (Wildman–Crippen LogP) is 17.0. The van der Waals surface area contributed by atoms with Crippen LogP contribution in [0.15, 0.2) is 60.8 Å². The van der Waals surface area contributed by atoms with Gasteiger partial charge < -0.3 is 45.1 Å². The molecule has 0 spiro atoms. The summed E-state index contributed by atoms with van der Waals surface area (Å²) in [4.78, 5) is 26.5. The van der Waals surface area contributed by atoms with Gasteiger partial charge in [-0.1, -0.05) is 287 Å². The number of aliphatic hydroxyl groups excluding tert-OH is 5. The molecule has 11 heteroatoms. The van der Waals surface area contributed by atoms with E-state index in [1.54, 1.807) is 6.08 Å². The Morgan fingerprint density at radius 3 is 1.28 bits per heavy atom. The molecule has 472 valence electrons. The Morgan fingerprint density at radius 1 is 0.481 bits per heavy atom. The van der Waals surface area contributed by atoms with Crippen molar-refractivity contribution >= 4 is 11.9 Å². The van der Waals surface area contributed by atoms with Crippen molar-refractivity contribution in [2.24, 2.45) is 0 Å². The highest BCUT2D eigenvalue weighted by Crippen LogP contribution is 2.26. The Labute approximate surface area is 497 Å². The van der Waals surface area contributed by atoms with E-state index in [0.29, 0.717) is 12.8 Å². The third-order valence-electron chi connectivity index (χ3n) is 15.9. The number of allylic oxidation sites excluding steroid dienone is 9. The quantitative estimate of drug-likeness (QED) is 0.0195. The van der Waals surface area contributed by atoms with Crippen molar-refractivity contribution in [2.45, 2.75) is 359 Å². The zero-order valence-corrected chi connectivity index (χ0v) is 52.4. The molecule has 6 N–H and O–H groups in total. The highest BCUT2D eigenvalue weighted by Gasteiger charge is 2.47. The molecule has 0 aliphatic carbocycles. The van der Waals surface area contributed by atoms with E-state index >= 15 is 0 Å². The molecule has 1 amide bonds. The summed E-state index contributed by atoms with van der Waals surface area (Å²) in [6.45, 7) is 5.75. The Morgan fingerprint density at radius 2 is 0.852 bits per heavy atom. The molecule has 1 aliphatic rings. The van der Waals surface area contributed by atoms with Gasteiger partial charge in [-0.15, -0.1) is 0 Å². The number of esters is 1. The molecule has 0 aromatic heterocycles. The van der Waals surface area contributed by atoms with Crippen LogP contribution in [0.2, 0.25) is 0 Å². The number of aliphatic hydroxyl groups is 5. The second-order valence-electron chi connectivity index (χ2n) is 23.6. The maximum absolute atomic E-state index is 13.5. The minimum absolute atomic E-state index is 0.0182. The minimum Gasteiger partial charge on any atom is -0.454 e. The summed E-state index contributed by atoms with van der Waals surface area (Å²) in [6.07, 6.45) is 62.9. The average Bonchev–Trinajstić information content (AvgIpc) is 3.52. The molecular formula is C70H127NO10. The van der Waals surface area contributed by atoms with Gasteiger partial charge in [-0.05, 0) is 77.0 Å². The van der Waals surface area contributed by atoms with Crippen molar-refractivity contribution in [3.8, 4) is 0 Å². The highest BCUT2D eigenvalue weighted by molar-refractivity contribution is 5.80. The highest BCUT2D eigenvalue weighted by atomic mass is 16.7. The number of nitrogens with one attached hydrogen (secondary N) is 1. The van der Waals surface area contributed by atoms with Crippen molar-refractivity contribution in [3.63, 3.8) is 0 Å². The Balaban J connectivity index is 2.59. The van der Waals surface area contributed by atoms with E-state index in [0.717, 1.165) is 57.8 Å². The van der Waals surface area contributed by atoms with Crippen molar-refractivity contribution in [1.29, 1.82) is 0 Å². The second kappa shape index (κ2) is 57.8. The van der Waals surface area contributed by atoms with Crippen LogP contribution in [0.25, 0.3) is 0 Å². The van der Waals surface area contributed by atoms with E-state index in [2.05, 4.69) is 62.5 Å². The molecule has 8 unspecified atom stereocenters. The molecule has 11 nitrogen and oxygen atoms in total. The van der Waals surface area contributed by atoms with Gasteiger partial charge in [0.25, 0.3) is 0 Å². The molecule has 0 bridgehead atoms. The summed E-state index contributed by atoms with van der Waals surface area (Å²) in [5.41, 5.74) is 0. The van der Waals surface area contributed by atoms with Crippen LogP contribution in [0.1, 0.15) is 310 Å². The third-order valence-corrected chi connectivity index (χ3v) is 15.9. The summed E-state index contributed by atoms with van der Waals surface area (Å²) in [5.74, 6) is -1.26. The second-order valence-corrected chi connectivity index (χ2v) is 23.6. The van der Waals surface area contributed by atoms with E-state index in [9.17, 15) is 35.1 Å². The third kappa shape index (κ3) is 45.4. The van der Waals surface area contributed by atoms with Crippen molar-refractivity contribution < 1.29 is 49.3 Å². The van der Waals surface area contributed by atoms with Crippen molar-refractivity contribution in [1.82, 2.24) is 5.32 Å². The van der Waals surface area contributed by atoms with Crippen LogP contribution in [0, 0.1) is 0 Å². The Bertz CT molecular complexity index is 1550. The Kier molecular flexibility index (Phi) is 54.5. The van der Waals surface area contributed by atoms with Crippen LogP contribution in [0.3, 0.4) is 0 Å². The van der Waals surface area contributed by atoms with Crippen molar-refractivity contribution in [2.75, 3.05) is 13.2 Å². The number of unbranched alkanes of at least 4 members (excludes halogenated alkanes) is 36. The fourth-order valence-corrected chi connectivity index (χ4v) is 10.5. The SMILES string of the molecule is CCCCC/C=C\C/C=C\CCCCCCCCCCCCCCCCCCC(O)C(=O)NC(COC1OC(CO)C(O)C(O)C1OC(=O)CC/C=C/C/C=C\CCCCCCCC)C(O)/C=C/CCCCCCCCCCCCC. The van der Waals surface area contributed by atoms with Crippen LogP contribution in [0.5, 0.6) is 0 Å².